The number of thioether (sulfide) groups is 1. The van der Waals surface area contributed by atoms with Gasteiger partial charge in [-0.2, -0.15) is 0 Å². The van der Waals surface area contributed by atoms with Crippen molar-refractivity contribution >= 4 is 22.7 Å². The van der Waals surface area contributed by atoms with Crippen LogP contribution >= 0.6 is 11.8 Å². The molecular weight excluding hydrogens is 184 g/mol. The average Bonchev–Trinajstić information content (AvgIpc) is 2.49. The van der Waals surface area contributed by atoms with Crippen molar-refractivity contribution in [3.63, 3.8) is 0 Å². The summed E-state index contributed by atoms with van der Waals surface area (Å²) >= 11 is 1.50. The fourth-order valence-corrected chi connectivity index (χ4v) is 1.97. The van der Waals surface area contributed by atoms with Crippen LogP contribution in [0, 0.1) is 0 Å². The number of hydrogen-bond donors (Lipinski definition) is 0. The molecule has 3 nitrogen and oxygen atoms in total. The normalized spacial score (nSPS) is 21.8. The van der Waals surface area contributed by atoms with Crippen LogP contribution in [-0.4, -0.2) is 21.2 Å². The molecule has 0 aliphatic carbocycles. The average molecular weight is 192 g/mol. The molecule has 1 aromatic rings. The minimum Gasteiger partial charge on any atom is -0.271 e. The summed E-state index contributed by atoms with van der Waals surface area (Å²) < 4.78 is 0. The van der Waals surface area contributed by atoms with Crippen molar-refractivity contribution in [2.75, 3.05) is 0 Å². The van der Waals surface area contributed by atoms with E-state index in [9.17, 15) is 4.79 Å². The second-order valence-electron chi connectivity index (χ2n) is 2.75. The lowest BCUT2D eigenvalue weighted by Crippen LogP contribution is -2.02. The maximum absolute atomic E-state index is 11.1. The van der Waals surface area contributed by atoms with Crippen molar-refractivity contribution in [1.82, 2.24) is 4.98 Å². The van der Waals surface area contributed by atoms with Crippen molar-refractivity contribution in [2.45, 2.75) is 12.2 Å². The highest BCUT2D eigenvalue weighted by Gasteiger charge is 2.24. The molecule has 1 aliphatic rings. The van der Waals surface area contributed by atoms with E-state index < -0.39 is 0 Å². The Kier molecular flexibility index (Phi) is 2.14. The molecule has 2 heterocycles. The number of rotatable bonds is 1. The summed E-state index contributed by atoms with van der Waals surface area (Å²) in [6, 6.07) is 3.72. The van der Waals surface area contributed by atoms with E-state index in [1.165, 1.54) is 11.8 Å². The first-order chi connectivity index (χ1) is 6.27. The van der Waals surface area contributed by atoms with Crippen LogP contribution in [0.15, 0.2) is 29.5 Å². The molecule has 0 N–H and O–H groups in total. The van der Waals surface area contributed by atoms with E-state index in [0.717, 1.165) is 10.6 Å². The molecule has 1 amide bonds. The number of nitrogens with zero attached hydrogens (tertiary/aromatic N) is 2. The molecule has 2 rings (SSSR count). The van der Waals surface area contributed by atoms with E-state index in [1.54, 1.807) is 12.4 Å². The van der Waals surface area contributed by atoms with E-state index >= 15 is 0 Å². The molecule has 13 heavy (non-hydrogen) atoms. The lowest BCUT2D eigenvalue weighted by atomic mass is 10.3. The zero-order valence-corrected chi connectivity index (χ0v) is 7.91. The van der Waals surface area contributed by atoms with E-state index in [1.807, 2.05) is 19.1 Å². The Balaban J connectivity index is 2.30. The summed E-state index contributed by atoms with van der Waals surface area (Å²) in [6.07, 6.45) is 3.40. The van der Waals surface area contributed by atoms with Crippen LogP contribution in [0.5, 0.6) is 0 Å². The van der Waals surface area contributed by atoms with Crippen LogP contribution in [0.3, 0.4) is 0 Å². The third kappa shape index (κ3) is 1.62. The second kappa shape index (κ2) is 3.30. The van der Waals surface area contributed by atoms with E-state index in [0.29, 0.717) is 0 Å². The maximum atomic E-state index is 11.1. The number of aliphatic imine (C=N–C) groups is 1. The van der Waals surface area contributed by atoms with E-state index in [4.69, 9.17) is 0 Å². The molecule has 0 fully saturated rings. The van der Waals surface area contributed by atoms with Crippen molar-refractivity contribution in [3.05, 3.63) is 30.1 Å². The Hall–Kier alpha value is -1.16. The Morgan fingerprint density at radius 3 is 2.62 bits per heavy atom. The minimum absolute atomic E-state index is 0.0387. The molecule has 0 bridgehead atoms. The van der Waals surface area contributed by atoms with Crippen molar-refractivity contribution in [2.24, 2.45) is 4.99 Å². The molecule has 0 radical (unpaired) electrons. The van der Waals surface area contributed by atoms with Gasteiger partial charge >= 0.3 is 0 Å². The Morgan fingerprint density at radius 1 is 1.38 bits per heavy atom. The van der Waals surface area contributed by atoms with Crippen molar-refractivity contribution < 1.29 is 4.79 Å². The summed E-state index contributed by atoms with van der Waals surface area (Å²) in [5.74, 6) is -0.0446. The van der Waals surface area contributed by atoms with Gasteiger partial charge in [-0.05, 0) is 19.1 Å². The lowest BCUT2D eigenvalue weighted by molar-refractivity contribution is -0.116. The number of carbonyl (C=O) groups is 1. The van der Waals surface area contributed by atoms with Crippen LogP contribution in [0.1, 0.15) is 12.5 Å². The minimum atomic E-state index is -0.0446. The first-order valence-electron chi connectivity index (χ1n) is 3.97. The molecular formula is C9H8N2OS. The number of amides is 1. The van der Waals surface area contributed by atoms with Crippen LogP contribution in [0.25, 0.3) is 0 Å². The molecule has 1 aliphatic heterocycles. The van der Waals surface area contributed by atoms with E-state index in [-0.39, 0.29) is 11.2 Å². The Morgan fingerprint density at radius 2 is 2.08 bits per heavy atom. The largest absolute Gasteiger partial charge is 0.271 e. The van der Waals surface area contributed by atoms with Gasteiger partial charge in [0.15, 0.2) is 0 Å². The molecule has 0 spiro atoms. The van der Waals surface area contributed by atoms with Gasteiger partial charge in [-0.15, -0.1) is 0 Å². The third-order valence-corrected chi connectivity index (χ3v) is 2.88. The monoisotopic (exact) mass is 192 g/mol. The smallest absolute Gasteiger partial charge is 0.259 e. The molecule has 0 saturated heterocycles. The zero-order valence-electron chi connectivity index (χ0n) is 7.10. The SMILES string of the molecule is CC1SC(c2ccncc2)=NC1=O. The molecule has 0 saturated carbocycles. The second-order valence-corrected chi connectivity index (χ2v) is 4.08. The van der Waals surface area contributed by atoms with Crippen LogP contribution in [0.4, 0.5) is 0 Å². The quantitative estimate of drug-likeness (QED) is 0.677. The number of carbonyl (C=O) groups excluding carboxylic acids is 1. The molecule has 1 atom stereocenters. The van der Waals surface area contributed by atoms with Gasteiger partial charge in [-0.1, -0.05) is 11.8 Å². The van der Waals surface area contributed by atoms with Crippen LogP contribution in [-0.2, 0) is 4.79 Å². The maximum Gasteiger partial charge on any atom is 0.259 e. The number of pyridine rings is 1. The topological polar surface area (TPSA) is 42.3 Å². The summed E-state index contributed by atoms with van der Waals surface area (Å²) in [5, 5.41) is 0.767. The van der Waals surface area contributed by atoms with Gasteiger partial charge in [0.2, 0.25) is 0 Å². The van der Waals surface area contributed by atoms with Crippen LogP contribution in [0.2, 0.25) is 0 Å². The molecule has 0 aromatic carbocycles. The Labute approximate surface area is 80.3 Å². The third-order valence-electron chi connectivity index (χ3n) is 1.78. The zero-order chi connectivity index (χ0) is 9.26. The fraction of sp³-hybridized carbons (Fsp3) is 0.222. The summed E-state index contributed by atoms with van der Waals surface area (Å²) in [7, 11) is 0. The highest BCUT2D eigenvalue weighted by Crippen LogP contribution is 2.25. The highest BCUT2D eigenvalue weighted by atomic mass is 32.2. The summed E-state index contributed by atoms with van der Waals surface area (Å²) in [6.45, 7) is 1.87. The first kappa shape index (κ1) is 8.44. The van der Waals surface area contributed by atoms with Crippen LogP contribution < -0.4 is 0 Å². The summed E-state index contributed by atoms with van der Waals surface area (Å²) in [5.41, 5.74) is 0.970. The molecule has 4 heteroatoms. The van der Waals surface area contributed by atoms with Gasteiger partial charge in [-0.25, -0.2) is 4.99 Å². The van der Waals surface area contributed by atoms with Gasteiger partial charge in [0.25, 0.3) is 5.91 Å². The number of aromatic nitrogens is 1. The van der Waals surface area contributed by atoms with Gasteiger partial charge in [0, 0.05) is 18.0 Å². The molecule has 1 unspecified atom stereocenters. The van der Waals surface area contributed by atoms with E-state index in [2.05, 4.69) is 9.98 Å². The van der Waals surface area contributed by atoms with Gasteiger partial charge < -0.3 is 0 Å². The standard InChI is InChI=1S/C9H8N2OS/c1-6-8(12)11-9(13-6)7-2-4-10-5-3-7/h2-6H,1H3. The fourth-order valence-electron chi connectivity index (χ4n) is 1.06. The Bertz CT molecular complexity index is 361. The number of hydrogen-bond acceptors (Lipinski definition) is 3. The predicted molar refractivity (Wildman–Crippen MR) is 52.8 cm³/mol. The van der Waals surface area contributed by atoms with Crippen molar-refractivity contribution in [3.8, 4) is 0 Å². The van der Waals surface area contributed by atoms with Crippen molar-refractivity contribution in [1.29, 1.82) is 0 Å². The molecule has 66 valence electrons. The molecule has 1 aromatic heterocycles. The predicted octanol–water partition coefficient (Wildman–Crippen LogP) is 1.49. The van der Waals surface area contributed by atoms with Gasteiger partial charge in [0.1, 0.15) is 5.04 Å². The van der Waals surface area contributed by atoms with Gasteiger partial charge in [0.05, 0.1) is 5.25 Å². The first-order valence-corrected chi connectivity index (χ1v) is 4.85. The lowest BCUT2D eigenvalue weighted by Gasteiger charge is -1.98. The highest BCUT2D eigenvalue weighted by molar-refractivity contribution is 8.16. The summed E-state index contributed by atoms with van der Waals surface area (Å²) in [4.78, 5) is 19.0. The van der Waals surface area contributed by atoms with Gasteiger partial charge in [-0.3, -0.25) is 9.78 Å².